The van der Waals surface area contributed by atoms with E-state index < -0.39 is 0 Å². The topological polar surface area (TPSA) is 35.5 Å². The van der Waals surface area contributed by atoms with Crippen LogP contribution in [0.15, 0.2) is 28.7 Å². The Hall–Kier alpha value is -0.710. The summed E-state index contributed by atoms with van der Waals surface area (Å²) in [5, 5.41) is 0. The van der Waals surface area contributed by atoms with Crippen LogP contribution in [0.25, 0.3) is 0 Å². The summed E-state index contributed by atoms with van der Waals surface area (Å²) in [5.74, 6) is -0.0122. The summed E-state index contributed by atoms with van der Waals surface area (Å²) in [7, 11) is 0. The van der Waals surface area contributed by atoms with Gasteiger partial charge in [-0.05, 0) is 18.6 Å². The second kappa shape index (κ2) is 8.39. The maximum absolute atomic E-state index is 11.7. The quantitative estimate of drug-likeness (QED) is 0.547. The van der Waals surface area contributed by atoms with E-state index in [0.29, 0.717) is 18.8 Å². The van der Waals surface area contributed by atoms with Gasteiger partial charge in [0.25, 0.3) is 0 Å². The number of carbonyl (C=O) groups is 1. The van der Waals surface area contributed by atoms with Crippen LogP contribution < -0.4 is 0 Å². The molecule has 1 aromatic rings. The van der Waals surface area contributed by atoms with Crippen LogP contribution in [0, 0.1) is 0 Å². The Kier molecular flexibility index (Phi) is 7.08. The lowest BCUT2D eigenvalue weighted by molar-refractivity contribution is 0.0441. The normalized spacial score (nSPS) is 10.5. The van der Waals surface area contributed by atoms with Crippen LogP contribution in [0.1, 0.15) is 23.7 Å². The molecule has 0 unspecified atom stereocenters. The predicted molar refractivity (Wildman–Crippen MR) is 70.4 cm³/mol. The monoisotopic (exact) mass is 300 g/mol. The highest BCUT2D eigenvalue weighted by atomic mass is 79.9. The minimum Gasteiger partial charge on any atom is -0.379 e. The smallest absolute Gasteiger partial charge is 0.188 e. The maximum atomic E-state index is 11.7. The van der Waals surface area contributed by atoms with Gasteiger partial charge in [-0.3, -0.25) is 4.79 Å². The van der Waals surface area contributed by atoms with Gasteiger partial charge in [0.05, 0.1) is 13.2 Å². The first-order valence-electron chi connectivity index (χ1n) is 5.68. The van der Waals surface area contributed by atoms with Crippen molar-refractivity contribution < 1.29 is 14.3 Å². The SMILES string of the molecule is CCCOCCOCC(=O)c1cccc(Br)c1. The van der Waals surface area contributed by atoms with E-state index in [1.54, 1.807) is 12.1 Å². The number of ether oxygens (including phenoxy) is 2. The molecule has 0 N–H and O–H groups in total. The number of halogens is 1. The second-order valence-corrected chi connectivity index (χ2v) is 4.51. The van der Waals surface area contributed by atoms with Crippen molar-refractivity contribution in [1.82, 2.24) is 0 Å². The molecule has 1 rings (SSSR count). The third kappa shape index (κ3) is 5.96. The average molecular weight is 301 g/mol. The summed E-state index contributed by atoms with van der Waals surface area (Å²) in [6.45, 7) is 3.89. The summed E-state index contributed by atoms with van der Waals surface area (Å²) in [4.78, 5) is 11.7. The molecule has 94 valence electrons. The lowest BCUT2D eigenvalue weighted by atomic mass is 10.1. The Morgan fingerprint density at radius 1 is 1.24 bits per heavy atom. The number of benzene rings is 1. The fourth-order valence-electron chi connectivity index (χ4n) is 1.27. The van der Waals surface area contributed by atoms with Gasteiger partial charge in [-0.2, -0.15) is 0 Å². The molecule has 0 saturated carbocycles. The van der Waals surface area contributed by atoms with Gasteiger partial charge in [-0.1, -0.05) is 35.0 Å². The van der Waals surface area contributed by atoms with Crippen molar-refractivity contribution in [3.05, 3.63) is 34.3 Å². The summed E-state index contributed by atoms with van der Waals surface area (Å²) < 4.78 is 11.4. The van der Waals surface area contributed by atoms with E-state index in [0.717, 1.165) is 17.5 Å². The van der Waals surface area contributed by atoms with Crippen LogP contribution in [0.3, 0.4) is 0 Å². The van der Waals surface area contributed by atoms with Gasteiger partial charge in [0.2, 0.25) is 0 Å². The number of carbonyl (C=O) groups excluding carboxylic acids is 1. The van der Waals surface area contributed by atoms with E-state index in [1.807, 2.05) is 12.1 Å². The Morgan fingerprint density at radius 3 is 2.71 bits per heavy atom. The highest BCUT2D eigenvalue weighted by molar-refractivity contribution is 9.10. The lowest BCUT2D eigenvalue weighted by Crippen LogP contribution is -2.12. The molecule has 0 aliphatic rings. The van der Waals surface area contributed by atoms with Crippen LogP contribution in [0.5, 0.6) is 0 Å². The number of hydrogen-bond donors (Lipinski definition) is 0. The van der Waals surface area contributed by atoms with Crippen molar-refractivity contribution in [1.29, 1.82) is 0 Å². The second-order valence-electron chi connectivity index (χ2n) is 3.60. The van der Waals surface area contributed by atoms with E-state index in [9.17, 15) is 4.79 Å². The fourth-order valence-corrected chi connectivity index (χ4v) is 1.67. The molecule has 0 radical (unpaired) electrons. The van der Waals surface area contributed by atoms with E-state index in [1.165, 1.54) is 0 Å². The molecular weight excluding hydrogens is 284 g/mol. The first-order chi connectivity index (χ1) is 8.24. The molecule has 0 amide bonds. The van der Waals surface area contributed by atoms with Gasteiger partial charge in [-0.25, -0.2) is 0 Å². The van der Waals surface area contributed by atoms with Crippen LogP contribution in [-0.4, -0.2) is 32.2 Å². The maximum Gasteiger partial charge on any atom is 0.188 e. The van der Waals surface area contributed by atoms with E-state index in [4.69, 9.17) is 9.47 Å². The molecule has 0 aliphatic heterocycles. The molecule has 0 spiro atoms. The molecule has 0 heterocycles. The fraction of sp³-hybridized carbons (Fsp3) is 0.462. The lowest BCUT2D eigenvalue weighted by Gasteiger charge is -2.04. The van der Waals surface area contributed by atoms with Gasteiger partial charge in [0, 0.05) is 16.6 Å². The average Bonchev–Trinajstić information content (AvgIpc) is 2.33. The van der Waals surface area contributed by atoms with Crippen molar-refractivity contribution in [2.24, 2.45) is 0 Å². The molecule has 0 aromatic heterocycles. The molecule has 0 bridgehead atoms. The van der Waals surface area contributed by atoms with Crippen molar-refractivity contribution in [3.63, 3.8) is 0 Å². The van der Waals surface area contributed by atoms with Crippen molar-refractivity contribution in [2.45, 2.75) is 13.3 Å². The van der Waals surface area contributed by atoms with E-state index >= 15 is 0 Å². The molecule has 17 heavy (non-hydrogen) atoms. The molecule has 0 fully saturated rings. The molecule has 3 nitrogen and oxygen atoms in total. The Morgan fingerprint density at radius 2 is 2.00 bits per heavy atom. The summed E-state index contributed by atoms with van der Waals surface area (Å²) in [6.07, 6.45) is 0.997. The Bertz CT molecular complexity index is 352. The highest BCUT2D eigenvalue weighted by Crippen LogP contribution is 2.12. The predicted octanol–water partition coefficient (Wildman–Crippen LogP) is 3.08. The molecule has 0 atom stereocenters. The first kappa shape index (κ1) is 14.4. The number of hydrogen-bond acceptors (Lipinski definition) is 3. The van der Waals surface area contributed by atoms with Crippen LogP contribution in [-0.2, 0) is 9.47 Å². The first-order valence-corrected chi connectivity index (χ1v) is 6.47. The molecule has 4 heteroatoms. The van der Waals surface area contributed by atoms with Crippen molar-refractivity contribution >= 4 is 21.7 Å². The van der Waals surface area contributed by atoms with Crippen molar-refractivity contribution in [3.8, 4) is 0 Å². The minimum atomic E-state index is -0.0122. The van der Waals surface area contributed by atoms with Crippen LogP contribution >= 0.6 is 15.9 Å². The van der Waals surface area contributed by atoms with E-state index in [2.05, 4.69) is 22.9 Å². The molecule has 0 aliphatic carbocycles. The zero-order valence-corrected chi connectivity index (χ0v) is 11.5. The third-order valence-electron chi connectivity index (χ3n) is 2.10. The van der Waals surface area contributed by atoms with Gasteiger partial charge in [0.1, 0.15) is 6.61 Å². The van der Waals surface area contributed by atoms with Crippen molar-refractivity contribution in [2.75, 3.05) is 26.4 Å². The summed E-state index contributed by atoms with van der Waals surface area (Å²) >= 11 is 3.33. The Balaban J connectivity index is 2.21. The van der Waals surface area contributed by atoms with Crippen LogP contribution in [0.4, 0.5) is 0 Å². The number of Topliss-reactive ketones (excluding diaryl/α,β-unsaturated/α-hetero) is 1. The number of ketones is 1. The molecule has 0 saturated heterocycles. The molecular formula is C13H17BrO3. The third-order valence-corrected chi connectivity index (χ3v) is 2.59. The standard InChI is InChI=1S/C13H17BrO3/c1-2-6-16-7-8-17-10-13(15)11-4-3-5-12(14)9-11/h3-5,9H,2,6-8,10H2,1H3. The minimum absolute atomic E-state index is 0.0122. The zero-order chi connectivity index (χ0) is 12.5. The molecule has 1 aromatic carbocycles. The largest absolute Gasteiger partial charge is 0.379 e. The van der Waals surface area contributed by atoms with Gasteiger partial charge in [0.15, 0.2) is 5.78 Å². The highest BCUT2D eigenvalue weighted by Gasteiger charge is 2.05. The van der Waals surface area contributed by atoms with Gasteiger partial charge in [-0.15, -0.1) is 0 Å². The van der Waals surface area contributed by atoms with Gasteiger partial charge < -0.3 is 9.47 Å². The summed E-state index contributed by atoms with van der Waals surface area (Å²) in [5.41, 5.74) is 0.661. The van der Waals surface area contributed by atoms with E-state index in [-0.39, 0.29) is 12.4 Å². The Labute approximate surface area is 110 Å². The van der Waals surface area contributed by atoms with Crippen LogP contribution in [0.2, 0.25) is 0 Å². The van der Waals surface area contributed by atoms with Gasteiger partial charge >= 0.3 is 0 Å². The number of rotatable bonds is 8. The zero-order valence-electron chi connectivity index (χ0n) is 9.95. The summed E-state index contributed by atoms with van der Waals surface area (Å²) in [6, 6.07) is 7.29.